The second-order valence-corrected chi connectivity index (χ2v) is 13.9. The molecule has 5 amide bonds. The largest absolute Gasteiger partial charge is 0.465 e. The van der Waals surface area contributed by atoms with Crippen molar-refractivity contribution in [1.29, 1.82) is 0 Å². The molecule has 45 heavy (non-hydrogen) atoms. The van der Waals surface area contributed by atoms with E-state index >= 15 is 0 Å². The zero-order valence-corrected chi connectivity index (χ0v) is 28.8. The summed E-state index contributed by atoms with van der Waals surface area (Å²) in [6, 6.07) is -2.45. The molecular weight excluding hydrogens is 602 g/mol. The minimum Gasteiger partial charge on any atom is -0.465 e. The molecule has 0 aliphatic carbocycles. The van der Waals surface area contributed by atoms with Crippen molar-refractivity contribution in [1.82, 2.24) is 26.2 Å². The van der Waals surface area contributed by atoms with Gasteiger partial charge in [0.2, 0.25) is 34.7 Å². The molecule has 13 nitrogen and oxygen atoms in total. The maximum absolute atomic E-state index is 13.3. The van der Waals surface area contributed by atoms with Gasteiger partial charge in [-0.05, 0) is 56.8 Å². The van der Waals surface area contributed by atoms with E-state index in [4.69, 9.17) is 4.74 Å². The van der Waals surface area contributed by atoms with Gasteiger partial charge in [0.1, 0.15) is 24.7 Å². The number of likely N-dealkylation sites (tertiary alicyclic amines) is 1. The molecule has 4 N–H and O–H groups in total. The molecule has 0 spiro atoms. The Bertz CT molecular complexity index is 1050. The number of carbonyl (C=O) groups is 7. The molecule has 0 aromatic rings. The number of nitrogens with one attached hydrogen (secondary N) is 4. The molecule has 4 unspecified atom stereocenters. The Hall–Kier alpha value is -3.16. The number of esters is 1. The molecule has 1 heterocycles. The monoisotopic (exact) mass is 655 g/mol. The van der Waals surface area contributed by atoms with E-state index in [1.165, 1.54) is 11.8 Å². The van der Waals surface area contributed by atoms with Crippen LogP contribution in [0.1, 0.15) is 87.5 Å². The molecule has 0 radical (unpaired) electrons. The van der Waals surface area contributed by atoms with Crippen molar-refractivity contribution in [2.45, 2.75) is 111 Å². The van der Waals surface area contributed by atoms with Crippen molar-refractivity contribution < 1.29 is 38.3 Å². The normalized spacial score (nSPS) is 16.6. The Morgan fingerprint density at radius 1 is 0.778 bits per heavy atom. The van der Waals surface area contributed by atoms with Crippen molar-refractivity contribution in [3.63, 3.8) is 0 Å². The van der Waals surface area contributed by atoms with Gasteiger partial charge in [0.25, 0.3) is 0 Å². The topological polar surface area (TPSA) is 180 Å². The van der Waals surface area contributed by atoms with Crippen molar-refractivity contribution >= 4 is 52.4 Å². The number of nitrogens with zero attached hydrogens (tertiary/aromatic N) is 1. The van der Waals surface area contributed by atoms with Crippen molar-refractivity contribution in [3.8, 4) is 0 Å². The third-order valence-electron chi connectivity index (χ3n) is 7.01. The zero-order valence-electron chi connectivity index (χ0n) is 28.0. The molecule has 1 rings (SSSR count). The number of hydrogen-bond donors (Lipinski definition) is 4. The maximum Gasteiger partial charge on any atom is 0.325 e. The van der Waals surface area contributed by atoms with E-state index in [1.807, 2.05) is 41.5 Å². The highest BCUT2D eigenvalue weighted by molar-refractivity contribution is 8.14. The first-order chi connectivity index (χ1) is 21.0. The number of hydrogen-bond acceptors (Lipinski definition) is 9. The van der Waals surface area contributed by atoms with Crippen LogP contribution in [0.5, 0.6) is 0 Å². The molecule has 256 valence electrons. The van der Waals surface area contributed by atoms with E-state index < -0.39 is 58.1 Å². The summed E-state index contributed by atoms with van der Waals surface area (Å²) in [6.07, 6.45) is 2.21. The van der Waals surface area contributed by atoms with Gasteiger partial charge in [0.05, 0.1) is 18.4 Å². The number of ether oxygens (including phenoxy) is 1. The highest BCUT2D eigenvalue weighted by atomic mass is 32.2. The number of thioether (sulfide) groups is 1. The van der Waals surface area contributed by atoms with E-state index in [1.54, 1.807) is 6.92 Å². The first-order valence-corrected chi connectivity index (χ1v) is 16.7. The Kier molecular flexibility index (Phi) is 17.8. The molecule has 14 heteroatoms. The predicted molar refractivity (Wildman–Crippen MR) is 172 cm³/mol. The maximum atomic E-state index is 13.3. The summed E-state index contributed by atoms with van der Waals surface area (Å²) in [6.45, 7) is 14.4. The zero-order chi connectivity index (χ0) is 34.3. The lowest BCUT2D eigenvalue weighted by molar-refractivity contribution is -0.143. The van der Waals surface area contributed by atoms with Crippen LogP contribution < -0.4 is 21.3 Å². The van der Waals surface area contributed by atoms with Gasteiger partial charge in [-0.3, -0.25) is 33.6 Å². The van der Waals surface area contributed by atoms with Crippen LogP contribution >= 0.6 is 11.8 Å². The average Bonchev–Trinajstić information content (AvgIpc) is 3.44. The lowest BCUT2D eigenvalue weighted by Crippen LogP contribution is -2.53. The molecule has 1 aliphatic heterocycles. The van der Waals surface area contributed by atoms with Gasteiger partial charge in [-0.15, -0.1) is 0 Å². The molecule has 1 aliphatic rings. The van der Waals surface area contributed by atoms with Gasteiger partial charge in [-0.1, -0.05) is 53.3 Å². The van der Waals surface area contributed by atoms with E-state index in [-0.39, 0.29) is 43.4 Å². The average molecular weight is 656 g/mol. The first-order valence-electron chi connectivity index (χ1n) is 15.8. The van der Waals surface area contributed by atoms with E-state index in [2.05, 4.69) is 21.3 Å². The van der Waals surface area contributed by atoms with Crippen molar-refractivity contribution in [3.05, 3.63) is 0 Å². The van der Waals surface area contributed by atoms with Gasteiger partial charge in [-0.25, -0.2) is 0 Å². The van der Waals surface area contributed by atoms with Crippen LogP contribution in [0.4, 0.5) is 0 Å². The second-order valence-electron chi connectivity index (χ2n) is 12.6. The van der Waals surface area contributed by atoms with Gasteiger partial charge in [0.15, 0.2) is 0 Å². The van der Waals surface area contributed by atoms with Crippen LogP contribution in [0, 0.1) is 17.8 Å². The van der Waals surface area contributed by atoms with Crippen LogP contribution in [0.3, 0.4) is 0 Å². The fourth-order valence-corrected chi connectivity index (χ4v) is 6.10. The Morgan fingerprint density at radius 3 is 1.82 bits per heavy atom. The highest BCUT2D eigenvalue weighted by Gasteiger charge is 2.35. The second kappa shape index (κ2) is 20.1. The molecule has 0 bridgehead atoms. The molecular formula is C31H53N5O8S. The van der Waals surface area contributed by atoms with Crippen LogP contribution in [-0.2, 0) is 38.3 Å². The lowest BCUT2D eigenvalue weighted by Gasteiger charge is -2.26. The lowest BCUT2D eigenvalue weighted by atomic mass is 10.0. The summed E-state index contributed by atoms with van der Waals surface area (Å²) >= 11 is 0.781. The van der Waals surface area contributed by atoms with Gasteiger partial charge >= 0.3 is 5.97 Å². The molecule has 0 aromatic carbocycles. The summed E-state index contributed by atoms with van der Waals surface area (Å²) in [7, 11) is 0. The van der Waals surface area contributed by atoms with Gasteiger partial charge in [0, 0.05) is 13.5 Å². The molecule has 0 aromatic heterocycles. The number of amides is 5. The van der Waals surface area contributed by atoms with Crippen LogP contribution in [0.15, 0.2) is 0 Å². The standard InChI is InChI=1S/C31H53N5O8S/c1-9-44-26(38)16-32-28(40)23(14-19(4)5)35-31(43)25(15-20(6)7)45-27(39)17-33-29(41)22(13-18(2)3)34-30(42)24-11-10-12-36(24)21(8)37/h18-20,22-25H,9-17H2,1-8H3,(H,32,40)(H,33,41)(H,34,42)(H,35,43). The minimum atomic E-state index is -0.920. The van der Waals surface area contributed by atoms with E-state index in [0.29, 0.717) is 38.6 Å². The van der Waals surface area contributed by atoms with Crippen LogP contribution in [0.2, 0.25) is 0 Å². The summed E-state index contributed by atoms with van der Waals surface area (Å²) in [5.74, 6) is -2.59. The van der Waals surface area contributed by atoms with Gasteiger partial charge in [-0.2, -0.15) is 0 Å². The molecule has 1 saturated heterocycles. The summed E-state index contributed by atoms with van der Waals surface area (Å²) < 4.78 is 4.84. The van der Waals surface area contributed by atoms with Crippen molar-refractivity contribution in [2.75, 3.05) is 26.2 Å². The fourth-order valence-electron chi connectivity index (χ4n) is 4.97. The number of carbonyl (C=O) groups excluding carboxylic acids is 7. The summed E-state index contributed by atoms with van der Waals surface area (Å²) in [5.41, 5.74) is 0. The van der Waals surface area contributed by atoms with Crippen molar-refractivity contribution in [2.24, 2.45) is 17.8 Å². The molecule has 1 fully saturated rings. The quantitative estimate of drug-likeness (QED) is 0.159. The van der Waals surface area contributed by atoms with Crippen LogP contribution in [-0.4, -0.2) is 95.1 Å². The molecule has 0 saturated carbocycles. The number of rotatable bonds is 18. The minimum absolute atomic E-state index is 0.0487. The smallest absolute Gasteiger partial charge is 0.325 e. The molecule has 4 atom stereocenters. The SMILES string of the molecule is CCOC(=O)CNC(=O)C(CC(C)C)NC(=O)C(CC(C)C)SC(=O)CNC(=O)C(CC(C)C)NC(=O)C1CCCN1C(C)=O. The van der Waals surface area contributed by atoms with E-state index in [0.717, 1.165) is 11.8 Å². The summed E-state index contributed by atoms with van der Waals surface area (Å²) in [4.78, 5) is 90.3. The predicted octanol–water partition coefficient (Wildman–Crippen LogP) is 1.53. The third kappa shape index (κ3) is 15.1. The fraction of sp³-hybridized carbons (Fsp3) is 0.774. The van der Waals surface area contributed by atoms with Gasteiger partial charge < -0.3 is 30.9 Å². The Balaban J connectivity index is 2.88. The van der Waals surface area contributed by atoms with E-state index in [9.17, 15) is 33.6 Å². The Morgan fingerprint density at radius 2 is 1.31 bits per heavy atom. The highest BCUT2D eigenvalue weighted by Crippen LogP contribution is 2.22. The first kappa shape index (κ1) is 39.9. The van der Waals surface area contributed by atoms with Crippen LogP contribution in [0.25, 0.3) is 0 Å². The summed E-state index contributed by atoms with van der Waals surface area (Å²) in [5, 5.41) is 9.31. The Labute approximate surface area is 271 Å². The third-order valence-corrected chi connectivity index (χ3v) is 8.11.